The van der Waals surface area contributed by atoms with Crippen molar-refractivity contribution in [2.45, 2.75) is 6.42 Å². The van der Waals surface area contributed by atoms with Gasteiger partial charge in [-0.3, -0.25) is 9.78 Å². The lowest BCUT2D eigenvalue weighted by molar-refractivity contribution is 0.0950. The standard InChI is InChI=1S/C19H19N5O2/c25-18(23-13-5-12-22-17-8-1-2-10-21-17)16-7-4-11-24-19(16)26-15-6-3-9-20-14-15/h1-4,6-11,14H,5,12-13H2,(H,21,22)(H,23,25). The first-order valence-corrected chi connectivity index (χ1v) is 8.29. The van der Waals surface area contributed by atoms with Crippen molar-refractivity contribution in [2.75, 3.05) is 18.4 Å². The largest absolute Gasteiger partial charge is 0.437 e. The minimum absolute atomic E-state index is 0.227. The van der Waals surface area contributed by atoms with Gasteiger partial charge in [0.2, 0.25) is 5.88 Å². The number of rotatable bonds is 8. The number of nitrogens with one attached hydrogen (secondary N) is 2. The van der Waals surface area contributed by atoms with Crippen molar-refractivity contribution in [1.82, 2.24) is 20.3 Å². The van der Waals surface area contributed by atoms with Crippen molar-refractivity contribution in [3.63, 3.8) is 0 Å². The lowest BCUT2D eigenvalue weighted by Gasteiger charge is -2.10. The highest BCUT2D eigenvalue weighted by Gasteiger charge is 2.13. The molecule has 0 atom stereocenters. The summed E-state index contributed by atoms with van der Waals surface area (Å²) in [7, 11) is 0. The van der Waals surface area contributed by atoms with Crippen LogP contribution in [0, 0.1) is 0 Å². The van der Waals surface area contributed by atoms with Gasteiger partial charge in [0.05, 0.1) is 6.20 Å². The first-order valence-electron chi connectivity index (χ1n) is 8.29. The topological polar surface area (TPSA) is 89.0 Å². The normalized spacial score (nSPS) is 10.2. The number of aromatic nitrogens is 3. The molecule has 2 N–H and O–H groups in total. The highest BCUT2D eigenvalue weighted by Crippen LogP contribution is 2.21. The number of hydrogen-bond acceptors (Lipinski definition) is 6. The molecular weight excluding hydrogens is 330 g/mol. The van der Waals surface area contributed by atoms with Gasteiger partial charge >= 0.3 is 0 Å². The average molecular weight is 349 g/mol. The second-order valence-electron chi connectivity index (χ2n) is 5.40. The number of ether oxygens (including phenoxy) is 1. The van der Waals surface area contributed by atoms with Gasteiger partial charge in [-0.1, -0.05) is 6.07 Å². The quantitative estimate of drug-likeness (QED) is 0.608. The summed E-state index contributed by atoms with van der Waals surface area (Å²) in [4.78, 5) is 24.7. The molecule has 7 nitrogen and oxygen atoms in total. The molecule has 0 aromatic carbocycles. The monoisotopic (exact) mass is 349 g/mol. The molecular formula is C19H19N5O2. The molecule has 0 bridgehead atoms. The Morgan fingerprint density at radius 2 is 1.85 bits per heavy atom. The molecule has 0 aliphatic rings. The molecule has 3 heterocycles. The summed E-state index contributed by atoms with van der Waals surface area (Å²) in [5.41, 5.74) is 0.383. The summed E-state index contributed by atoms with van der Waals surface area (Å²) < 4.78 is 5.66. The van der Waals surface area contributed by atoms with Crippen LogP contribution in [0.15, 0.2) is 67.3 Å². The lowest BCUT2D eigenvalue weighted by atomic mass is 10.2. The molecule has 0 spiro atoms. The maximum absolute atomic E-state index is 12.4. The van der Waals surface area contributed by atoms with Gasteiger partial charge in [-0.2, -0.15) is 0 Å². The molecule has 0 radical (unpaired) electrons. The van der Waals surface area contributed by atoms with Crippen LogP contribution in [0.25, 0.3) is 0 Å². The fourth-order valence-corrected chi connectivity index (χ4v) is 2.23. The van der Waals surface area contributed by atoms with E-state index in [1.807, 2.05) is 18.2 Å². The first kappa shape index (κ1) is 17.3. The Hall–Kier alpha value is -3.48. The number of anilines is 1. The third kappa shape index (κ3) is 5.01. The van der Waals surface area contributed by atoms with Crippen LogP contribution in [0.1, 0.15) is 16.8 Å². The Labute approximate surface area is 151 Å². The third-order valence-corrected chi connectivity index (χ3v) is 3.47. The molecule has 7 heteroatoms. The van der Waals surface area contributed by atoms with Gasteiger partial charge in [0, 0.05) is 31.7 Å². The van der Waals surface area contributed by atoms with E-state index in [-0.39, 0.29) is 11.8 Å². The Kier molecular flexibility index (Phi) is 6.09. The van der Waals surface area contributed by atoms with Gasteiger partial charge in [-0.25, -0.2) is 9.97 Å². The van der Waals surface area contributed by atoms with Crippen molar-refractivity contribution < 1.29 is 9.53 Å². The van der Waals surface area contributed by atoms with Crippen LogP contribution in [0.2, 0.25) is 0 Å². The Morgan fingerprint density at radius 1 is 0.962 bits per heavy atom. The van der Waals surface area contributed by atoms with Crippen LogP contribution in [-0.2, 0) is 0 Å². The third-order valence-electron chi connectivity index (χ3n) is 3.47. The van der Waals surface area contributed by atoms with Crippen LogP contribution in [0.5, 0.6) is 11.6 Å². The molecule has 3 aromatic heterocycles. The fourth-order valence-electron chi connectivity index (χ4n) is 2.23. The van der Waals surface area contributed by atoms with E-state index in [4.69, 9.17) is 4.74 Å². The van der Waals surface area contributed by atoms with E-state index in [1.54, 1.807) is 49.1 Å². The van der Waals surface area contributed by atoms with Gasteiger partial charge in [0.15, 0.2) is 0 Å². The van der Waals surface area contributed by atoms with Crippen molar-refractivity contribution >= 4 is 11.7 Å². The maximum Gasteiger partial charge on any atom is 0.256 e. The molecule has 0 aliphatic carbocycles. The Bertz CT molecular complexity index is 828. The number of hydrogen-bond donors (Lipinski definition) is 2. The number of nitrogens with zero attached hydrogens (tertiary/aromatic N) is 3. The molecule has 0 saturated carbocycles. The molecule has 0 saturated heterocycles. The Morgan fingerprint density at radius 3 is 2.65 bits per heavy atom. The molecule has 3 aromatic rings. The van der Waals surface area contributed by atoms with Gasteiger partial charge < -0.3 is 15.4 Å². The fraction of sp³-hybridized carbons (Fsp3) is 0.158. The lowest BCUT2D eigenvalue weighted by Crippen LogP contribution is -2.26. The van der Waals surface area contributed by atoms with Crippen LogP contribution < -0.4 is 15.4 Å². The van der Waals surface area contributed by atoms with Gasteiger partial charge in [-0.15, -0.1) is 0 Å². The minimum Gasteiger partial charge on any atom is -0.437 e. The van der Waals surface area contributed by atoms with Crippen molar-refractivity contribution in [3.05, 3.63) is 72.8 Å². The summed E-state index contributed by atoms with van der Waals surface area (Å²) in [5.74, 6) is 1.37. The summed E-state index contributed by atoms with van der Waals surface area (Å²) >= 11 is 0. The smallest absolute Gasteiger partial charge is 0.256 e. The van der Waals surface area contributed by atoms with E-state index in [9.17, 15) is 4.79 Å². The van der Waals surface area contributed by atoms with Crippen LogP contribution >= 0.6 is 0 Å². The molecule has 0 fully saturated rings. The van der Waals surface area contributed by atoms with E-state index in [1.165, 1.54) is 0 Å². The van der Waals surface area contributed by atoms with E-state index in [0.29, 0.717) is 24.4 Å². The molecule has 132 valence electrons. The summed E-state index contributed by atoms with van der Waals surface area (Å²) in [5, 5.41) is 6.07. The molecule has 3 rings (SSSR count). The number of pyridine rings is 3. The zero-order chi connectivity index (χ0) is 18.0. The molecule has 1 amide bonds. The molecule has 26 heavy (non-hydrogen) atoms. The summed E-state index contributed by atoms with van der Waals surface area (Å²) in [6, 6.07) is 12.6. The average Bonchev–Trinajstić information content (AvgIpc) is 2.69. The van der Waals surface area contributed by atoms with E-state index >= 15 is 0 Å². The van der Waals surface area contributed by atoms with E-state index in [2.05, 4.69) is 25.6 Å². The van der Waals surface area contributed by atoms with Crippen molar-refractivity contribution in [2.24, 2.45) is 0 Å². The van der Waals surface area contributed by atoms with Crippen molar-refractivity contribution in [1.29, 1.82) is 0 Å². The zero-order valence-electron chi connectivity index (χ0n) is 14.1. The number of amides is 1. The maximum atomic E-state index is 12.4. The first-order chi connectivity index (χ1) is 12.8. The van der Waals surface area contributed by atoms with Gasteiger partial charge in [0.25, 0.3) is 5.91 Å². The highest BCUT2D eigenvalue weighted by molar-refractivity contribution is 5.96. The zero-order valence-corrected chi connectivity index (χ0v) is 14.1. The van der Waals surface area contributed by atoms with Crippen LogP contribution in [-0.4, -0.2) is 33.9 Å². The van der Waals surface area contributed by atoms with Gasteiger partial charge in [-0.05, 0) is 42.8 Å². The second-order valence-corrected chi connectivity index (χ2v) is 5.40. The predicted molar refractivity (Wildman–Crippen MR) is 98.2 cm³/mol. The van der Waals surface area contributed by atoms with Crippen LogP contribution in [0.4, 0.5) is 5.82 Å². The summed E-state index contributed by atoms with van der Waals surface area (Å²) in [6.45, 7) is 1.24. The second kappa shape index (κ2) is 9.12. The highest BCUT2D eigenvalue weighted by atomic mass is 16.5. The number of carbonyl (C=O) groups is 1. The van der Waals surface area contributed by atoms with Gasteiger partial charge in [0.1, 0.15) is 17.1 Å². The molecule has 0 aliphatic heterocycles. The summed E-state index contributed by atoms with van der Waals surface area (Å²) in [6.07, 6.45) is 7.30. The predicted octanol–water partition coefficient (Wildman–Crippen LogP) is 2.90. The minimum atomic E-state index is -0.227. The van der Waals surface area contributed by atoms with Crippen molar-refractivity contribution in [3.8, 4) is 11.6 Å². The van der Waals surface area contributed by atoms with Crippen LogP contribution in [0.3, 0.4) is 0 Å². The SMILES string of the molecule is O=C(NCCCNc1ccccn1)c1cccnc1Oc1cccnc1. The van der Waals surface area contributed by atoms with E-state index < -0.39 is 0 Å². The Balaban J connectivity index is 1.50. The number of carbonyl (C=O) groups excluding carboxylic acids is 1. The van der Waals surface area contributed by atoms with E-state index in [0.717, 1.165) is 12.2 Å². The molecule has 0 unspecified atom stereocenters.